The molecule has 0 aromatic carbocycles. The number of ether oxygens (including phenoxy) is 1. The zero-order valence-corrected chi connectivity index (χ0v) is 11.8. The minimum absolute atomic E-state index is 0.0321. The first-order chi connectivity index (χ1) is 9.85. The normalized spacial score (nSPS) is 11.5. The summed E-state index contributed by atoms with van der Waals surface area (Å²) in [6.07, 6.45) is 1.33. The van der Waals surface area contributed by atoms with Crippen molar-refractivity contribution in [3.8, 4) is 11.6 Å². The molecule has 0 aliphatic heterocycles. The molecule has 21 heavy (non-hydrogen) atoms. The number of nitrogens with zero attached hydrogens (tertiary/aromatic N) is 3. The Morgan fingerprint density at radius 1 is 1.10 bits per heavy atom. The van der Waals surface area contributed by atoms with Gasteiger partial charge < -0.3 is 20.2 Å². The minimum atomic E-state index is -2.74. The molecular formula is C13H16N4O4. The summed E-state index contributed by atoms with van der Waals surface area (Å²) in [5.41, 5.74) is 3.07. The van der Waals surface area contributed by atoms with Crippen molar-refractivity contribution in [2.24, 2.45) is 0 Å². The lowest BCUT2D eigenvalue weighted by atomic mass is 10.2. The number of hydroxylamine groups is 1. The SMILES string of the molecule is Cc1nc(C)c(Oc2cccnc2C(O)(O)NO)nc1C. The Labute approximate surface area is 121 Å². The molecule has 0 bridgehead atoms. The van der Waals surface area contributed by atoms with Crippen molar-refractivity contribution in [1.29, 1.82) is 0 Å². The molecule has 112 valence electrons. The van der Waals surface area contributed by atoms with E-state index in [1.807, 2.05) is 6.92 Å². The topological polar surface area (TPSA) is 121 Å². The van der Waals surface area contributed by atoms with Crippen LogP contribution in [0.3, 0.4) is 0 Å². The Morgan fingerprint density at radius 2 is 1.76 bits per heavy atom. The van der Waals surface area contributed by atoms with Crippen LogP contribution in [0.15, 0.2) is 18.3 Å². The van der Waals surface area contributed by atoms with E-state index in [9.17, 15) is 10.2 Å². The maximum atomic E-state index is 9.64. The number of aliphatic hydroxyl groups is 2. The van der Waals surface area contributed by atoms with Gasteiger partial charge in [-0.3, -0.25) is 9.97 Å². The molecule has 0 amide bonds. The summed E-state index contributed by atoms with van der Waals surface area (Å²) >= 11 is 0. The molecule has 2 aromatic rings. The van der Waals surface area contributed by atoms with Gasteiger partial charge in [0, 0.05) is 6.20 Å². The second kappa shape index (κ2) is 5.70. The van der Waals surface area contributed by atoms with E-state index in [2.05, 4.69) is 15.0 Å². The molecule has 0 fully saturated rings. The van der Waals surface area contributed by atoms with Gasteiger partial charge in [-0.05, 0) is 32.9 Å². The molecule has 0 atom stereocenters. The summed E-state index contributed by atoms with van der Waals surface area (Å²) in [5, 5.41) is 28.1. The van der Waals surface area contributed by atoms with Crippen molar-refractivity contribution in [3.63, 3.8) is 0 Å². The van der Waals surface area contributed by atoms with E-state index in [1.54, 1.807) is 19.9 Å². The van der Waals surface area contributed by atoms with Crippen LogP contribution in [0.1, 0.15) is 22.8 Å². The lowest BCUT2D eigenvalue weighted by molar-refractivity contribution is -0.253. The van der Waals surface area contributed by atoms with Gasteiger partial charge in [-0.2, -0.15) is 0 Å². The van der Waals surface area contributed by atoms with Crippen molar-refractivity contribution in [2.75, 3.05) is 0 Å². The van der Waals surface area contributed by atoms with Gasteiger partial charge in [-0.15, -0.1) is 5.48 Å². The van der Waals surface area contributed by atoms with Crippen LogP contribution in [-0.2, 0) is 5.91 Å². The van der Waals surface area contributed by atoms with Gasteiger partial charge >= 0.3 is 0 Å². The maximum Gasteiger partial charge on any atom is 0.294 e. The van der Waals surface area contributed by atoms with Crippen LogP contribution < -0.4 is 10.2 Å². The summed E-state index contributed by atoms with van der Waals surface area (Å²) in [6.45, 7) is 5.34. The third-order valence-electron chi connectivity index (χ3n) is 2.90. The van der Waals surface area contributed by atoms with Crippen molar-refractivity contribution < 1.29 is 20.2 Å². The quantitative estimate of drug-likeness (QED) is 0.479. The van der Waals surface area contributed by atoms with Gasteiger partial charge in [0.05, 0.1) is 11.4 Å². The van der Waals surface area contributed by atoms with Crippen molar-refractivity contribution in [3.05, 3.63) is 41.1 Å². The van der Waals surface area contributed by atoms with Gasteiger partial charge in [-0.1, -0.05) is 0 Å². The maximum absolute atomic E-state index is 9.64. The Kier molecular flexibility index (Phi) is 4.14. The summed E-state index contributed by atoms with van der Waals surface area (Å²) in [7, 11) is 0. The highest BCUT2D eigenvalue weighted by atomic mass is 16.6. The average molecular weight is 292 g/mol. The van der Waals surface area contributed by atoms with Crippen molar-refractivity contribution >= 4 is 0 Å². The third-order valence-corrected chi connectivity index (χ3v) is 2.90. The average Bonchev–Trinajstić information content (AvgIpc) is 2.45. The third kappa shape index (κ3) is 3.14. The predicted octanol–water partition coefficient (Wildman–Crippen LogP) is 0.663. The molecule has 0 saturated heterocycles. The first-order valence-corrected chi connectivity index (χ1v) is 6.16. The van der Waals surface area contributed by atoms with E-state index in [1.165, 1.54) is 17.7 Å². The van der Waals surface area contributed by atoms with Gasteiger partial charge in [-0.25, -0.2) is 4.98 Å². The van der Waals surface area contributed by atoms with E-state index >= 15 is 0 Å². The summed E-state index contributed by atoms with van der Waals surface area (Å²) in [6, 6.07) is 3.02. The smallest absolute Gasteiger partial charge is 0.294 e. The van der Waals surface area contributed by atoms with Crippen LogP contribution in [0.5, 0.6) is 11.6 Å². The highest BCUT2D eigenvalue weighted by Gasteiger charge is 2.31. The number of hydrogen-bond donors (Lipinski definition) is 4. The van der Waals surface area contributed by atoms with E-state index in [-0.39, 0.29) is 17.3 Å². The van der Waals surface area contributed by atoms with E-state index in [0.717, 1.165) is 5.69 Å². The summed E-state index contributed by atoms with van der Waals surface area (Å²) in [4.78, 5) is 12.3. The van der Waals surface area contributed by atoms with Crippen LogP contribution in [0.25, 0.3) is 0 Å². The first-order valence-electron chi connectivity index (χ1n) is 6.16. The van der Waals surface area contributed by atoms with Crippen LogP contribution in [0.4, 0.5) is 0 Å². The molecule has 0 saturated carbocycles. The van der Waals surface area contributed by atoms with E-state index in [4.69, 9.17) is 9.94 Å². The van der Waals surface area contributed by atoms with Gasteiger partial charge in [0.15, 0.2) is 11.4 Å². The fourth-order valence-electron chi connectivity index (χ4n) is 1.68. The highest BCUT2D eigenvalue weighted by molar-refractivity contribution is 5.35. The summed E-state index contributed by atoms with van der Waals surface area (Å²) < 4.78 is 5.56. The van der Waals surface area contributed by atoms with Crippen LogP contribution >= 0.6 is 0 Å². The molecule has 0 aliphatic carbocycles. The van der Waals surface area contributed by atoms with Crippen LogP contribution in [-0.4, -0.2) is 30.4 Å². The number of aryl methyl sites for hydroxylation is 3. The fourth-order valence-corrected chi connectivity index (χ4v) is 1.68. The lowest BCUT2D eigenvalue weighted by Gasteiger charge is -2.21. The molecule has 2 aromatic heterocycles. The molecule has 8 heteroatoms. The van der Waals surface area contributed by atoms with Gasteiger partial charge in [0.2, 0.25) is 5.88 Å². The van der Waals surface area contributed by atoms with Crippen LogP contribution in [0.2, 0.25) is 0 Å². The Morgan fingerprint density at radius 3 is 2.43 bits per heavy atom. The summed E-state index contributed by atoms with van der Waals surface area (Å²) in [5.74, 6) is -2.48. The standard InChI is InChI=1S/C13H16N4O4/c1-7-8(2)16-12(9(3)15-7)21-10-5-4-6-14-11(10)13(18,19)17-20/h4-6,17-20H,1-3H3. The largest absolute Gasteiger partial charge is 0.435 e. The molecule has 2 rings (SSSR count). The van der Waals surface area contributed by atoms with E-state index < -0.39 is 5.91 Å². The monoisotopic (exact) mass is 292 g/mol. The molecule has 4 N–H and O–H groups in total. The van der Waals surface area contributed by atoms with Gasteiger partial charge in [0.1, 0.15) is 5.69 Å². The van der Waals surface area contributed by atoms with Crippen LogP contribution in [0, 0.1) is 20.8 Å². The number of rotatable bonds is 4. The number of hydrogen-bond acceptors (Lipinski definition) is 8. The molecule has 0 aliphatic rings. The minimum Gasteiger partial charge on any atom is -0.435 e. The zero-order chi connectivity index (χ0) is 15.6. The van der Waals surface area contributed by atoms with Gasteiger partial charge in [0.25, 0.3) is 5.91 Å². The van der Waals surface area contributed by atoms with Crippen molar-refractivity contribution in [1.82, 2.24) is 20.4 Å². The number of pyridine rings is 1. The molecule has 0 unspecified atom stereocenters. The van der Waals surface area contributed by atoms with E-state index in [0.29, 0.717) is 11.4 Å². The zero-order valence-electron chi connectivity index (χ0n) is 11.8. The molecule has 0 radical (unpaired) electrons. The molecule has 0 spiro atoms. The predicted molar refractivity (Wildman–Crippen MR) is 71.6 cm³/mol. The van der Waals surface area contributed by atoms with Crippen molar-refractivity contribution in [2.45, 2.75) is 26.7 Å². The number of nitrogens with one attached hydrogen (secondary N) is 1. The first kappa shape index (κ1) is 15.3. The Balaban J connectivity index is 2.44. The Bertz CT molecular complexity index is 661. The fraction of sp³-hybridized carbons (Fsp3) is 0.308. The second-order valence-electron chi connectivity index (χ2n) is 4.52. The second-order valence-corrected chi connectivity index (χ2v) is 4.52. The Hall–Kier alpha value is -2.13. The highest BCUT2D eigenvalue weighted by Crippen LogP contribution is 2.29. The lowest BCUT2D eigenvalue weighted by Crippen LogP contribution is -2.41. The molecule has 8 nitrogen and oxygen atoms in total. The molecular weight excluding hydrogens is 276 g/mol. The molecule has 2 heterocycles. The number of aromatic nitrogens is 3.